The molecule has 1 aromatic carbocycles. The molecule has 1 aliphatic heterocycles. The van der Waals surface area contributed by atoms with E-state index in [9.17, 15) is 13.9 Å². The fraction of sp³-hybridized carbons (Fsp3) is 0.700. The maximum atomic E-state index is 13.4. The van der Waals surface area contributed by atoms with Gasteiger partial charge in [0.2, 0.25) is 0 Å². The Morgan fingerprint density at radius 3 is 2.40 bits per heavy atom. The number of nitrogens with zero attached hydrogens (tertiary/aromatic N) is 2. The SMILES string of the molecule is OCCC1CN(Cc2cc(F)cc(F)c2)CCN1CC1CCCCC1. The van der Waals surface area contributed by atoms with Crippen LogP contribution < -0.4 is 0 Å². The lowest BCUT2D eigenvalue weighted by Gasteiger charge is -2.43. The van der Waals surface area contributed by atoms with Crippen LogP contribution in [0.1, 0.15) is 44.1 Å². The number of hydrogen-bond acceptors (Lipinski definition) is 3. The summed E-state index contributed by atoms with van der Waals surface area (Å²) in [5, 5.41) is 9.45. The first kappa shape index (κ1) is 18.7. The van der Waals surface area contributed by atoms with E-state index in [0.717, 1.165) is 44.6 Å². The Morgan fingerprint density at radius 1 is 1.00 bits per heavy atom. The lowest BCUT2D eigenvalue weighted by Crippen LogP contribution is -2.54. The topological polar surface area (TPSA) is 26.7 Å². The maximum absolute atomic E-state index is 13.4. The molecule has 1 saturated heterocycles. The molecule has 0 spiro atoms. The second-order valence-electron chi connectivity index (χ2n) is 7.68. The molecule has 1 N–H and O–H groups in total. The summed E-state index contributed by atoms with van der Waals surface area (Å²) in [6.45, 7) is 4.62. The fourth-order valence-corrected chi connectivity index (χ4v) is 4.43. The molecular formula is C20H30F2N2O. The van der Waals surface area contributed by atoms with Crippen LogP contribution in [-0.2, 0) is 6.54 Å². The molecule has 1 aliphatic carbocycles. The van der Waals surface area contributed by atoms with Crippen molar-refractivity contribution in [1.29, 1.82) is 0 Å². The van der Waals surface area contributed by atoms with Gasteiger partial charge in [0.05, 0.1) is 0 Å². The summed E-state index contributed by atoms with van der Waals surface area (Å²) < 4.78 is 26.8. The summed E-state index contributed by atoms with van der Waals surface area (Å²) >= 11 is 0. The highest BCUT2D eigenvalue weighted by Crippen LogP contribution is 2.26. The lowest BCUT2D eigenvalue weighted by atomic mass is 9.88. The van der Waals surface area contributed by atoms with Crippen molar-refractivity contribution in [2.75, 3.05) is 32.8 Å². The summed E-state index contributed by atoms with van der Waals surface area (Å²) in [4.78, 5) is 4.79. The molecule has 0 bridgehead atoms. The van der Waals surface area contributed by atoms with Gasteiger partial charge in [-0.05, 0) is 42.9 Å². The summed E-state index contributed by atoms with van der Waals surface area (Å²) in [5.41, 5.74) is 0.681. The standard InChI is InChI=1S/C20H30F2N2O/c21-18-10-17(11-19(22)12-18)13-23-7-8-24(20(15-23)6-9-25)14-16-4-2-1-3-5-16/h10-12,16,20,25H,1-9,13-15H2. The van der Waals surface area contributed by atoms with Gasteiger partial charge >= 0.3 is 0 Å². The predicted octanol–water partition coefficient (Wildman–Crippen LogP) is 3.41. The lowest BCUT2D eigenvalue weighted by molar-refractivity contribution is 0.0400. The molecule has 3 nitrogen and oxygen atoms in total. The Balaban J connectivity index is 1.58. The predicted molar refractivity (Wildman–Crippen MR) is 95.3 cm³/mol. The van der Waals surface area contributed by atoms with Crippen molar-refractivity contribution in [3.8, 4) is 0 Å². The molecule has 1 saturated carbocycles. The molecule has 5 heteroatoms. The van der Waals surface area contributed by atoms with Crippen molar-refractivity contribution in [2.24, 2.45) is 5.92 Å². The molecule has 1 heterocycles. The highest BCUT2D eigenvalue weighted by Gasteiger charge is 2.29. The quantitative estimate of drug-likeness (QED) is 0.850. The molecule has 2 fully saturated rings. The second-order valence-corrected chi connectivity index (χ2v) is 7.68. The first-order valence-electron chi connectivity index (χ1n) is 9.66. The molecule has 1 atom stereocenters. The van der Waals surface area contributed by atoms with E-state index in [1.54, 1.807) is 0 Å². The molecule has 1 unspecified atom stereocenters. The molecule has 1 aromatic rings. The van der Waals surface area contributed by atoms with Gasteiger partial charge in [-0.2, -0.15) is 0 Å². The molecule has 0 amide bonds. The van der Waals surface area contributed by atoms with Crippen molar-refractivity contribution < 1.29 is 13.9 Å². The van der Waals surface area contributed by atoms with E-state index in [1.807, 2.05) is 0 Å². The minimum Gasteiger partial charge on any atom is -0.396 e. The third-order valence-electron chi connectivity index (χ3n) is 5.70. The van der Waals surface area contributed by atoms with Crippen LogP contribution in [0.15, 0.2) is 18.2 Å². The molecule has 2 aliphatic rings. The van der Waals surface area contributed by atoms with Crippen LogP contribution in [0.2, 0.25) is 0 Å². The number of hydrogen-bond donors (Lipinski definition) is 1. The summed E-state index contributed by atoms with van der Waals surface area (Å²) in [6.07, 6.45) is 7.49. The van der Waals surface area contributed by atoms with E-state index in [-0.39, 0.29) is 6.61 Å². The van der Waals surface area contributed by atoms with Crippen LogP contribution in [0.25, 0.3) is 0 Å². The van der Waals surface area contributed by atoms with Gasteiger partial charge in [0.25, 0.3) is 0 Å². The highest BCUT2D eigenvalue weighted by atomic mass is 19.1. The monoisotopic (exact) mass is 352 g/mol. The van der Waals surface area contributed by atoms with E-state index in [4.69, 9.17) is 0 Å². The van der Waals surface area contributed by atoms with E-state index in [2.05, 4.69) is 9.80 Å². The first-order chi connectivity index (χ1) is 12.1. The number of benzene rings is 1. The van der Waals surface area contributed by atoms with Crippen LogP contribution in [0.4, 0.5) is 8.78 Å². The van der Waals surface area contributed by atoms with Crippen LogP contribution in [0, 0.1) is 17.6 Å². The molecular weight excluding hydrogens is 322 g/mol. The largest absolute Gasteiger partial charge is 0.396 e. The Bertz CT molecular complexity index is 528. The normalized spacial score (nSPS) is 23.9. The molecule has 0 radical (unpaired) electrons. The average molecular weight is 352 g/mol. The summed E-state index contributed by atoms with van der Waals surface area (Å²) in [7, 11) is 0. The smallest absolute Gasteiger partial charge is 0.126 e. The minimum atomic E-state index is -0.516. The van der Waals surface area contributed by atoms with Gasteiger partial charge in [0.1, 0.15) is 11.6 Å². The third-order valence-corrected chi connectivity index (χ3v) is 5.70. The number of aliphatic hydroxyl groups excluding tert-OH is 1. The van der Waals surface area contributed by atoms with Crippen molar-refractivity contribution in [1.82, 2.24) is 9.80 Å². The zero-order valence-electron chi connectivity index (χ0n) is 15.0. The van der Waals surface area contributed by atoms with Gasteiger partial charge in [-0.25, -0.2) is 8.78 Å². The summed E-state index contributed by atoms with van der Waals surface area (Å²) in [5.74, 6) is -0.241. The maximum Gasteiger partial charge on any atom is 0.126 e. The Kier molecular flexibility index (Phi) is 6.79. The Hall–Kier alpha value is -1.04. The van der Waals surface area contributed by atoms with Gasteiger partial charge < -0.3 is 5.11 Å². The van der Waals surface area contributed by atoms with Crippen LogP contribution in [-0.4, -0.2) is 53.7 Å². The molecule has 25 heavy (non-hydrogen) atoms. The average Bonchev–Trinajstić information content (AvgIpc) is 2.57. The van der Waals surface area contributed by atoms with E-state index in [1.165, 1.54) is 44.2 Å². The van der Waals surface area contributed by atoms with Gasteiger partial charge in [0, 0.05) is 51.4 Å². The van der Waals surface area contributed by atoms with Crippen LogP contribution in [0.5, 0.6) is 0 Å². The minimum absolute atomic E-state index is 0.189. The van der Waals surface area contributed by atoms with Gasteiger partial charge in [0.15, 0.2) is 0 Å². The highest BCUT2D eigenvalue weighted by molar-refractivity contribution is 5.18. The molecule has 3 rings (SSSR count). The van der Waals surface area contributed by atoms with Crippen LogP contribution in [0.3, 0.4) is 0 Å². The number of aliphatic hydroxyl groups is 1. The van der Waals surface area contributed by atoms with Gasteiger partial charge in [-0.1, -0.05) is 19.3 Å². The third kappa shape index (κ3) is 5.47. The van der Waals surface area contributed by atoms with E-state index >= 15 is 0 Å². The van der Waals surface area contributed by atoms with Crippen molar-refractivity contribution >= 4 is 0 Å². The zero-order valence-corrected chi connectivity index (χ0v) is 15.0. The first-order valence-corrected chi connectivity index (χ1v) is 9.66. The molecule has 140 valence electrons. The number of halogens is 2. The van der Waals surface area contributed by atoms with Gasteiger partial charge in [-0.15, -0.1) is 0 Å². The van der Waals surface area contributed by atoms with Gasteiger partial charge in [-0.3, -0.25) is 9.80 Å². The van der Waals surface area contributed by atoms with Crippen molar-refractivity contribution in [2.45, 2.75) is 51.1 Å². The number of rotatable bonds is 6. The fourth-order valence-electron chi connectivity index (χ4n) is 4.43. The van der Waals surface area contributed by atoms with E-state index < -0.39 is 11.6 Å². The second kappa shape index (κ2) is 9.06. The zero-order chi connectivity index (χ0) is 17.6. The molecule has 0 aromatic heterocycles. The van der Waals surface area contributed by atoms with Crippen molar-refractivity contribution in [3.63, 3.8) is 0 Å². The Morgan fingerprint density at radius 2 is 1.72 bits per heavy atom. The number of piperazine rings is 1. The summed E-state index contributed by atoms with van der Waals surface area (Å²) in [6, 6.07) is 4.08. The van der Waals surface area contributed by atoms with Crippen LogP contribution >= 0.6 is 0 Å². The van der Waals surface area contributed by atoms with E-state index in [0.29, 0.717) is 18.2 Å². The van der Waals surface area contributed by atoms with Crippen molar-refractivity contribution in [3.05, 3.63) is 35.4 Å². The Labute approximate surface area is 149 Å².